The molecule has 1 aromatic carbocycles. The van der Waals surface area contributed by atoms with Crippen LogP contribution in [0.5, 0.6) is 0 Å². The molecule has 1 heterocycles. The van der Waals surface area contributed by atoms with Crippen LogP contribution in [0, 0.1) is 0 Å². The van der Waals surface area contributed by atoms with E-state index in [1.807, 2.05) is 0 Å². The molecule has 2 N–H and O–H groups in total. The van der Waals surface area contributed by atoms with Crippen LogP contribution in [-0.4, -0.2) is 44.0 Å². The highest BCUT2D eigenvalue weighted by Crippen LogP contribution is 2.28. The second kappa shape index (κ2) is 5.95. The number of methoxy groups -OCH3 is 1. The Morgan fingerprint density at radius 2 is 2.25 bits per heavy atom. The van der Waals surface area contributed by atoms with E-state index in [0.717, 1.165) is 0 Å². The predicted molar refractivity (Wildman–Crippen MR) is 81.5 cm³/mol. The Morgan fingerprint density at radius 3 is 2.80 bits per heavy atom. The molecule has 110 valence electrons. The third-order valence-corrected chi connectivity index (χ3v) is 5.86. The Kier molecular flexibility index (Phi) is 4.66. The van der Waals surface area contributed by atoms with Gasteiger partial charge in [0, 0.05) is 25.8 Å². The molecule has 0 amide bonds. The molecule has 1 aliphatic heterocycles. The minimum Gasteiger partial charge on any atom is -0.389 e. The fraction of sp³-hybridized carbons (Fsp3) is 0.417. The zero-order valence-corrected chi connectivity index (χ0v) is 13.3. The number of halogens is 1. The second-order valence-electron chi connectivity index (χ2n) is 4.52. The molecule has 5 nitrogen and oxygen atoms in total. The Balaban J connectivity index is 2.39. The standard InChI is InChI=1S/C12H15ClN2O3S2/c1-18-9-4-5-15(7-9)20(16,17)11-6-8(12(14)19)2-3-10(11)13/h2-3,6,9H,4-5,7H2,1H3,(H2,14,19). The highest BCUT2D eigenvalue weighted by Gasteiger charge is 2.33. The maximum absolute atomic E-state index is 12.6. The first-order valence-corrected chi connectivity index (χ1v) is 8.21. The minimum atomic E-state index is -3.66. The fourth-order valence-electron chi connectivity index (χ4n) is 2.10. The molecule has 1 unspecified atom stereocenters. The van der Waals surface area contributed by atoms with Crippen LogP contribution in [0.2, 0.25) is 5.02 Å². The van der Waals surface area contributed by atoms with Gasteiger partial charge in [0.05, 0.1) is 11.1 Å². The molecule has 20 heavy (non-hydrogen) atoms. The molecule has 0 bridgehead atoms. The Morgan fingerprint density at radius 1 is 1.55 bits per heavy atom. The van der Waals surface area contributed by atoms with Crippen molar-refractivity contribution in [3.63, 3.8) is 0 Å². The molecule has 0 spiro atoms. The number of ether oxygens (including phenoxy) is 1. The largest absolute Gasteiger partial charge is 0.389 e. The maximum Gasteiger partial charge on any atom is 0.244 e. The molecule has 2 rings (SSSR count). The van der Waals surface area contributed by atoms with Crippen LogP contribution in [0.15, 0.2) is 23.1 Å². The topological polar surface area (TPSA) is 72.6 Å². The molecule has 1 aromatic rings. The normalized spacial score (nSPS) is 20.2. The SMILES string of the molecule is COC1CCN(S(=O)(=O)c2cc(C(N)=S)ccc2Cl)C1. The van der Waals surface area contributed by atoms with E-state index in [1.54, 1.807) is 13.2 Å². The van der Waals surface area contributed by atoms with Crippen molar-refractivity contribution in [3.8, 4) is 0 Å². The Bertz CT molecular complexity index is 634. The lowest BCUT2D eigenvalue weighted by molar-refractivity contribution is 0.115. The van der Waals surface area contributed by atoms with Gasteiger partial charge in [-0.15, -0.1) is 0 Å². The number of benzene rings is 1. The molecule has 0 aromatic heterocycles. The van der Waals surface area contributed by atoms with Gasteiger partial charge in [-0.25, -0.2) is 8.42 Å². The highest BCUT2D eigenvalue weighted by molar-refractivity contribution is 7.89. The van der Waals surface area contributed by atoms with Gasteiger partial charge in [-0.3, -0.25) is 0 Å². The molecule has 0 saturated carbocycles. The summed E-state index contributed by atoms with van der Waals surface area (Å²) in [5.41, 5.74) is 6.01. The van der Waals surface area contributed by atoms with E-state index >= 15 is 0 Å². The number of rotatable bonds is 4. The van der Waals surface area contributed by atoms with E-state index in [-0.39, 0.29) is 21.0 Å². The summed E-state index contributed by atoms with van der Waals surface area (Å²) in [6.45, 7) is 0.737. The van der Waals surface area contributed by atoms with Crippen LogP contribution < -0.4 is 5.73 Å². The van der Waals surface area contributed by atoms with E-state index in [0.29, 0.717) is 25.1 Å². The lowest BCUT2D eigenvalue weighted by atomic mass is 10.2. The molecule has 8 heteroatoms. The van der Waals surface area contributed by atoms with Crippen molar-refractivity contribution >= 4 is 38.8 Å². The van der Waals surface area contributed by atoms with Crippen LogP contribution >= 0.6 is 23.8 Å². The lowest BCUT2D eigenvalue weighted by Crippen LogP contribution is -2.30. The van der Waals surface area contributed by atoms with Crippen LogP contribution in [0.1, 0.15) is 12.0 Å². The van der Waals surface area contributed by atoms with E-state index in [2.05, 4.69) is 0 Å². The number of hydrogen-bond donors (Lipinski definition) is 1. The first kappa shape index (κ1) is 15.7. The molecule has 1 saturated heterocycles. The smallest absolute Gasteiger partial charge is 0.244 e. The van der Waals surface area contributed by atoms with E-state index in [1.165, 1.54) is 16.4 Å². The minimum absolute atomic E-state index is 0.0289. The van der Waals surface area contributed by atoms with Gasteiger partial charge >= 0.3 is 0 Å². The monoisotopic (exact) mass is 334 g/mol. The number of sulfonamides is 1. The summed E-state index contributed by atoms with van der Waals surface area (Å²) < 4.78 is 31.7. The van der Waals surface area contributed by atoms with Crippen LogP contribution in [0.25, 0.3) is 0 Å². The fourth-order valence-corrected chi connectivity index (χ4v) is 4.22. The van der Waals surface area contributed by atoms with Crippen molar-refractivity contribution in [2.75, 3.05) is 20.2 Å². The molecule has 0 aliphatic carbocycles. The summed E-state index contributed by atoms with van der Waals surface area (Å²) in [6, 6.07) is 4.51. The van der Waals surface area contributed by atoms with Gasteiger partial charge in [0.2, 0.25) is 10.0 Å². The maximum atomic E-state index is 12.6. The second-order valence-corrected chi connectivity index (χ2v) is 7.27. The zero-order valence-electron chi connectivity index (χ0n) is 10.9. The summed E-state index contributed by atoms with van der Waals surface area (Å²) >= 11 is 10.9. The summed E-state index contributed by atoms with van der Waals surface area (Å²) in [5.74, 6) is 0. The molecule has 1 fully saturated rings. The zero-order chi connectivity index (χ0) is 14.9. The van der Waals surface area contributed by atoms with Crippen molar-refractivity contribution in [2.24, 2.45) is 5.73 Å². The molecule has 1 aliphatic rings. The number of thiocarbonyl (C=S) groups is 1. The van der Waals surface area contributed by atoms with Crippen LogP contribution in [0.4, 0.5) is 0 Å². The van der Waals surface area contributed by atoms with E-state index < -0.39 is 10.0 Å². The van der Waals surface area contributed by atoms with Crippen LogP contribution in [-0.2, 0) is 14.8 Å². The van der Waals surface area contributed by atoms with Gasteiger partial charge in [-0.05, 0) is 18.6 Å². The first-order chi connectivity index (χ1) is 9.36. The number of nitrogens with zero attached hydrogens (tertiary/aromatic N) is 1. The summed E-state index contributed by atoms with van der Waals surface area (Å²) in [4.78, 5) is 0.163. The first-order valence-electron chi connectivity index (χ1n) is 5.98. The average molecular weight is 335 g/mol. The summed E-state index contributed by atoms with van der Waals surface area (Å²) in [5, 5.41) is 0.158. The molecule has 1 atom stereocenters. The van der Waals surface area contributed by atoms with Crippen molar-refractivity contribution in [2.45, 2.75) is 17.4 Å². The van der Waals surface area contributed by atoms with Gasteiger partial charge in [0.25, 0.3) is 0 Å². The van der Waals surface area contributed by atoms with Crippen molar-refractivity contribution < 1.29 is 13.2 Å². The average Bonchev–Trinajstić information content (AvgIpc) is 2.88. The third-order valence-electron chi connectivity index (χ3n) is 3.27. The van der Waals surface area contributed by atoms with Crippen LogP contribution in [0.3, 0.4) is 0 Å². The van der Waals surface area contributed by atoms with Gasteiger partial charge in [0.15, 0.2) is 0 Å². The Labute approximate surface area is 128 Å². The van der Waals surface area contributed by atoms with E-state index in [9.17, 15) is 8.42 Å². The summed E-state index contributed by atoms with van der Waals surface area (Å²) in [7, 11) is -2.09. The number of hydrogen-bond acceptors (Lipinski definition) is 4. The Hall–Kier alpha value is -0.730. The molecule has 0 radical (unpaired) electrons. The number of nitrogens with two attached hydrogens (primary N) is 1. The van der Waals surface area contributed by atoms with Gasteiger partial charge < -0.3 is 10.5 Å². The van der Waals surface area contributed by atoms with Crippen molar-refractivity contribution in [1.82, 2.24) is 4.31 Å². The third kappa shape index (κ3) is 2.96. The van der Waals surface area contributed by atoms with Crippen molar-refractivity contribution in [3.05, 3.63) is 28.8 Å². The van der Waals surface area contributed by atoms with Gasteiger partial charge in [0.1, 0.15) is 9.88 Å². The molecular weight excluding hydrogens is 320 g/mol. The summed E-state index contributed by atoms with van der Waals surface area (Å²) in [6.07, 6.45) is 0.588. The van der Waals surface area contributed by atoms with E-state index in [4.69, 9.17) is 34.3 Å². The molecular formula is C12H15ClN2O3S2. The van der Waals surface area contributed by atoms with Gasteiger partial charge in [-0.2, -0.15) is 4.31 Å². The highest BCUT2D eigenvalue weighted by atomic mass is 35.5. The lowest BCUT2D eigenvalue weighted by Gasteiger charge is -2.17. The predicted octanol–water partition coefficient (Wildman–Crippen LogP) is 1.38. The van der Waals surface area contributed by atoms with Gasteiger partial charge in [-0.1, -0.05) is 29.9 Å². The quantitative estimate of drug-likeness (QED) is 0.842. The van der Waals surface area contributed by atoms with Crippen molar-refractivity contribution in [1.29, 1.82) is 0 Å².